The Labute approximate surface area is 103 Å². The fourth-order valence-electron chi connectivity index (χ4n) is 2.03. The van der Waals surface area contributed by atoms with Gasteiger partial charge in [0, 0.05) is 11.3 Å². The lowest BCUT2D eigenvalue weighted by atomic mass is 10.1. The molecule has 94 valence electrons. The molecule has 16 heavy (non-hydrogen) atoms. The molecule has 1 aliphatic heterocycles. The van der Waals surface area contributed by atoms with Crippen LogP contribution in [0.5, 0.6) is 0 Å². The van der Waals surface area contributed by atoms with Crippen LogP contribution in [-0.2, 0) is 4.79 Å². The summed E-state index contributed by atoms with van der Waals surface area (Å²) >= 11 is 1.82. The molecule has 1 fully saturated rings. The summed E-state index contributed by atoms with van der Waals surface area (Å²) in [5, 5.41) is 3.37. The standard InChI is InChI=1S/C12H24N2OS/c1-6-7-10-13-9(2)11(15)14(10)8-12(3,4)16-5/h9-10,13H,6-8H2,1-5H3. The Balaban J connectivity index is 2.70. The van der Waals surface area contributed by atoms with Gasteiger partial charge in [0.05, 0.1) is 12.2 Å². The molecule has 0 saturated carbocycles. The molecule has 2 unspecified atom stereocenters. The molecule has 0 radical (unpaired) electrons. The van der Waals surface area contributed by atoms with Crippen molar-refractivity contribution in [3.05, 3.63) is 0 Å². The van der Waals surface area contributed by atoms with E-state index in [-0.39, 0.29) is 22.9 Å². The molecule has 1 amide bonds. The fraction of sp³-hybridized carbons (Fsp3) is 0.917. The maximum absolute atomic E-state index is 12.0. The van der Waals surface area contributed by atoms with Crippen LogP contribution >= 0.6 is 11.8 Å². The molecule has 0 aliphatic carbocycles. The molecule has 0 aromatic rings. The van der Waals surface area contributed by atoms with Crippen molar-refractivity contribution in [2.45, 2.75) is 57.5 Å². The van der Waals surface area contributed by atoms with Crippen LogP contribution in [0.4, 0.5) is 0 Å². The average molecular weight is 244 g/mol. The number of carbonyl (C=O) groups excluding carboxylic acids is 1. The summed E-state index contributed by atoms with van der Waals surface area (Å²) in [6, 6.07) is -0.0193. The van der Waals surface area contributed by atoms with E-state index in [1.165, 1.54) is 0 Å². The summed E-state index contributed by atoms with van der Waals surface area (Å²) in [6.45, 7) is 9.33. The highest BCUT2D eigenvalue weighted by molar-refractivity contribution is 7.99. The van der Waals surface area contributed by atoms with Crippen LogP contribution < -0.4 is 5.32 Å². The minimum atomic E-state index is -0.0193. The van der Waals surface area contributed by atoms with Crippen molar-refractivity contribution in [2.75, 3.05) is 12.8 Å². The van der Waals surface area contributed by atoms with Gasteiger partial charge in [-0.2, -0.15) is 11.8 Å². The summed E-state index contributed by atoms with van der Waals surface area (Å²) in [7, 11) is 0. The Kier molecular flexibility index (Phi) is 4.68. The quantitative estimate of drug-likeness (QED) is 0.803. The molecule has 1 heterocycles. The molecule has 1 N–H and O–H groups in total. The molecule has 0 spiro atoms. The molecule has 0 aromatic carbocycles. The van der Waals surface area contributed by atoms with E-state index in [1.807, 2.05) is 23.6 Å². The molecule has 2 atom stereocenters. The lowest BCUT2D eigenvalue weighted by Crippen LogP contribution is -2.44. The highest BCUT2D eigenvalue weighted by Gasteiger charge is 2.38. The lowest BCUT2D eigenvalue weighted by molar-refractivity contribution is -0.130. The van der Waals surface area contributed by atoms with E-state index >= 15 is 0 Å². The van der Waals surface area contributed by atoms with E-state index in [2.05, 4.69) is 32.3 Å². The number of nitrogens with zero attached hydrogens (tertiary/aromatic N) is 1. The molecular formula is C12H24N2OS. The molecular weight excluding hydrogens is 220 g/mol. The number of carbonyl (C=O) groups is 1. The van der Waals surface area contributed by atoms with Crippen LogP contribution in [0.1, 0.15) is 40.5 Å². The van der Waals surface area contributed by atoms with Gasteiger partial charge in [0.1, 0.15) is 0 Å². The molecule has 1 rings (SSSR count). The number of hydrogen-bond acceptors (Lipinski definition) is 3. The SMILES string of the molecule is CCCC1NC(C)C(=O)N1CC(C)(C)SC. The molecule has 4 heteroatoms. The fourth-order valence-corrected chi connectivity index (χ4v) is 2.30. The summed E-state index contributed by atoms with van der Waals surface area (Å²) in [5.74, 6) is 0.251. The maximum Gasteiger partial charge on any atom is 0.240 e. The summed E-state index contributed by atoms with van der Waals surface area (Å²) in [4.78, 5) is 14.1. The lowest BCUT2D eigenvalue weighted by Gasteiger charge is -2.32. The summed E-state index contributed by atoms with van der Waals surface area (Å²) in [5.41, 5.74) is 0. The van der Waals surface area contributed by atoms with Crippen molar-refractivity contribution in [3.8, 4) is 0 Å². The van der Waals surface area contributed by atoms with Crippen LogP contribution in [-0.4, -0.2) is 40.6 Å². The number of nitrogens with one attached hydrogen (secondary N) is 1. The largest absolute Gasteiger partial charge is 0.324 e. The Morgan fingerprint density at radius 2 is 2.12 bits per heavy atom. The van der Waals surface area contributed by atoms with E-state index in [0.29, 0.717) is 0 Å². The van der Waals surface area contributed by atoms with Crippen LogP contribution in [0.3, 0.4) is 0 Å². The zero-order chi connectivity index (χ0) is 12.3. The van der Waals surface area contributed by atoms with Crippen LogP contribution in [0.2, 0.25) is 0 Å². The normalized spacial score (nSPS) is 26.6. The first-order valence-corrected chi connectivity index (χ1v) is 7.25. The van der Waals surface area contributed by atoms with E-state index in [4.69, 9.17) is 0 Å². The van der Waals surface area contributed by atoms with Gasteiger partial charge in [0.25, 0.3) is 0 Å². The van der Waals surface area contributed by atoms with Gasteiger partial charge in [-0.15, -0.1) is 0 Å². The minimum Gasteiger partial charge on any atom is -0.324 e. The van der Waals surface area contributed by atoms with Crippen molar-refractivity contribution >= 4 is 17.7 Å². The first-order chi connectivity index (χ1) is 7.41. The third-order valence-electron chi connectivity index (χ3n) is 3.14. The second kappa shape index (κ2) is 5.41. The van der Waals surface area contributed by atoms with Crippen molar-refractivity contribution < 1.29 is 4.79 Å². The van der Waals surface area contributed by atoms with E-state index < -0.39 is 0 Å². The topological polar surface area (TPSA) is 32.3 Å². The van der Waals surface area contributed by atoms with Gasteiger partial charge in [0.15, 0.2) is 0 Å². The van der Waals surface area contributed by atoms with Gasteiger partial charge < -0.3 is 4.90 Å². The Hall–Kier alpha value is -0.220. The van der Waals surface area contributed by atoms with Crippen molar-refractivity contribution in [2.24, 2.45) is 0 Å². The maximum atomic E-state index is 12.0. The number of thioether (sulfide) groups is 1. The van der Waals surface area contributed by atoms with Crippen molar-refractivity contribution in [1.29, 1.82) is 0 Å². The first-order valence-electron chi connectivity index (χ1n) is 6.03. The Morgan fingerprint density at radius 1 is 1.50 bits per heavy atom. The van der Waals surface area contributed by atoms with E-state index in [9.17, 15) is 4.79 Å². The van der Waals surface area contributed by atoms with E-state index in [0.717, 1.165) is 19.4 Å². The van der Waals surface area contributed by atoms with Crippen LogP contribution in [0.15, 0.2) is 0 Å². The molecule has 0 aromatic heterocycles. The summed E-state index contributed by atoms with van der Waals surface area (Å²) in [6.07, 6.45) is 4.49. The Morgan fingerprint density at radius 3 is 2.62 bits per heavy atom. The predicted molar refractivity (Wildman–Crippen MR) is 70.6 cm³/mol. The predicted octanol–water partition coefficient (Wildman–Crippen LogP) is 2.07. The van der Waals surface area contributed by atoms with Gasteiger partial charge in [-0.05, 0) is 33.4 Å². The molecule has 0 bridgehead atoms. The summed E-state index contributed by atoms with van der Waals surface area (Å²) < 4.78 is 0.132. The third-order valence-corrected chi connectivity index (χ3v) is 4.37. The monoisotopic (exact) mass is 244 g/mol. The Bertz CT molecular complexity index is 255. The molecule has 1 saturated heterocycles. The zero-order valence-corrected chi connectivity index (χ0v) is 11.9. The highest BCUT2D eigenvalue weighted by atomic mass is 32.2. The number of hydrogen-bond donors (Lipinski definition) is 1. The zero-order valence-electron chi connectivity index (χ0n) is 11.0. The molecule has 3 nitrogen and oxygen atoms in total. The highest BCUT2D eigenvalue weighted by Crippen LogP contribution is 2.26. The van der Waals surface area contributed by atoms with Gasteiger partial charge in [0.2, 0.25) is 5.91 Å². The van der Waals surface area contributed by atoms with Crippen molar-refractivity contribution in [1.82, 2.24) is 10.2 Å². The number of rotatable bonds is 5. The second-order valence-electron chi connectivity index (χ2n) is 5.12. The van der Waals surface area contributed by atoms with Crippen LogP contribution in [0.25, 0.3) is 0 Å². The number of amides is 1. The van der Waals surface area contributed by atoms with Gasteiger partial charge >= 0.3 is 0 Å². The first kappa shape index (κ1) is 13.8. The van der Waals surface area contributed by atoms with E-state index in [1.54, 1.807) is 0 Å². The smallest absolute Gasteiger partial charge is 0.240 e. The third kappa shape index (κ3) is 3.14. The average Bonchev–Trinajstić information content (AvgIpc) is 2.47. The van der Waals surface area contributed by atoms with Crippen LogP contribution in [0, 0.1) is 0 Å². The second-order valence-corrected chi connectivity index (χ2v) is 6.64. The molecule has 1 aliphatic rings. The van der Waals surface area contributed by atoms with Gasteiger partial charge in [-0.3, -0.25) is 10.1 Å². The van der Waals surface area contributed by atoms with Gasteiger partial charge in [-0.1, -0.05) is 13.3 Å². The minimum absolute atomic E-state index is 0.0193. The van der Waals surface area contributed by atoms with Gasteiger partial charge in [-0.25, -0.2) is 0 Å². The van der Waals surface area contributed by atoms with Crippen molar-refractivity contribution in [3.63, 3.8) is 0 Å².